The molecule has 1 rings (SSSR count). The van der Waals surface area contributed by atoms with Gasteiger partial charge >= 0.3 is 11.9 Å². The Morgan fingerprint density at radius 3 is 1.96 bits per heavy atom. The second kappa shape index (κ2) is 12.7. The minimum absolute atomic E-state index is 0.128. The van der Waals surface area contributed by atoms with Crippen LogP contribution in [-0.2, 0) is 31.9 Å². The Bertz CT molecular complexity index is 690. The van der Waals surface area contributed by atoms with E-state index in [1.54, 1.807) is 0 Å². The van der Waals surface area contributed by atoms with Gasteiger partial charge in [0.15, 0.2) is 0 Å². The highest BCUT2D eigenvalue weighted by atomic mass is 16.5. The van der Waals surface area contributed by atoms with Gasteiger partial charge in [-0.1, -0.05) is 44.0 Å². The first-order valence-electron chi connectivity index (χ1n) is 9.80. The fourth-order valence-corrected chi connectivity index (χ4v) is 3.14. The molecule has 0 fully saturated rings. The number of esters is 2. The lowest BCUT2D eigenvalue weighted by molar-refractivity contribution is -0.143. The molecule has 0 aromatic heterocycles. The monoisotopic (exact) mass is 384 g/mol. The van der Waals surface area contributed by atoms with Crippen LogP contribution < -0.4 is 0 Å². The highest BCUT2D eigenvalue weighted by Crippen LogP contribution is 2.22. The van der Waals surface area contributed by atoms with Crippen molar-refractivity contribution in [2.45, 2.75) is 64.6 Å². The zero-order valence-electron chi connectivity index (χ0n) is 17.1. The van der Waals surface area contributed by atoms with E-state index >= 15 is 0 Å². The van der Waals surface area contributed by atoms with Gasteiger partial charge in [0.1, 0.15) is 0 Å². The molecule has 0 aliphatic carbocycles. The van der Waals surface area contributed by atoms with Crippen molar-refractivity contribution < 1.29 is 19.1 Å². The van der Waals surface area contributed by atoms with Crippen LogP contribution in [-0.4, -0.2) is 24.1 Å². The zero-order chi connectivity index (χ0) is 20.9. The second-order valence-corrected chi connectivity index (χ2v) is 6.88. The predicted octanol–water partition coefficient (Wildman–Crippen LogP) is 5.21. The van der Waals surface area contributed by atoms with Crippen LogP contribution in [0.15, 0.2) is 50.1 Å². The Labute approximate surface area is 168 Å². The van der Waals surface area contributed by atoms with Crippen molar-refractivity contribution in [2.24, 2.45) is 0 Å². The lowest BCUT2D eigenvalue weighted by Crippen LogP contribution is -2.13. The number of hydrogen-bond acceptors (Lipinski definition) is 4. The van der Waals surface area contributed by atoms with E-state index in [1.165, 1.54) is 23.3 Å². The van der Waals surface area contributed by atoms with E-state index in [-0.39, 0.29) is 24.1 Å². The van der Waals surface area contributed by atoms with Crippen molar-refractivity contribution in [3.63, 3.8) is 0 Å². The van der Waals surface area contributed by atoms with Crippen LogP contribution >= 0.6 is 0 Å². The highest BCUT2D eigenvalue weighted by molar-refractivity contribution is 5.81. The summed E-state index contributed by atoms with van der Waals surface area (Å²) in [4.78, 5) is 22.5. The van der Waals surface area contributed by atoms with Gasteiger partial charge in [-0.25, -0.2) is 9.59 Å². The molecule has 4 nitrogen and oxygen atoms in total. The number of aryl methyl sites for hydroxylation is 1. The maximum absolute atomic E-state index is 11.3. The summed E-state index contributed by atoms with van der Waals surface area (Å²) < 4.78 is 10.5. The third-order valence-corrected chi connectivity index (χ3v) is 4.59. The first-order chi connectivity index (χ1) is 13.4. The third-order valence-electron chi connectivity index (χ3n) is 4.59. The highest BCUT2D eigenvalue weighted by Gasteiger charge is 2.11. The number of hydrogen-bond donors (Lipinski definition) is 0. The van der Waals surface area contributed by atoms with E-state index in [0.29, 0.717) is 0 Å². The van der Waals surface area contributed by atoms with Gasteiger partial charge in [-0.2, -0.15) is 0 Å². The van der Waals surface area contributed by atoms with Gasteiger partial charge in [0.25, 0.3) is 0 Å². The summed E-state index contributed by atoms with van der Waals surface area (Å²) in [6.07, 6.45) is 9.23. The summed E-state index contributed by atoms with van der Waals surface area (Å²) >= 11 is 0. The molecule has 2 atom stereocenters. The molecular weight excluding hydrogens is 352 g/mol. The van der Waals surface area contributed by atoms with Crippen LogP contribution in [0.25, 0.3) is 6.08 Å². The number of carbonyl (C=O) groups is 2. The fourth-order valence-electron chi connectivity index (χ4n) is 3.14. The summed E-state index contributed by atoms with van der Waals surface area (Å²) in [5, 5.41) is 0. The van der Waals surface area contributed by atoms with Crippen molar-refractivity contribution in [3.8, 4) is 0 Å². The molecule has 0 bridgehead atoms. The molecule has 0 amide bonds. The summed E-state index contributed by atoms with van der Waals surface area (Å²) in [6.45, 7) is 14.6. The molecule has 0 saturated carbocycles. The topological polar surface area (TPSA) is 52.6 Å². The van der Waals surface area contributed by atoms with Crippen molar-refractivity contribution >= 4 is 18.0 Å². The van der Waals surface area contributed by atoms with Crippen LogP contribution in [0, 0.1) is 0 Å². The minimum atomic E-state index is -0.383. The van der Waals surface area contributed by atoms with E-state index in [0.717, 1.165) is 44.1 Å². The largest absolute Gasteiger partial charge is 0.460 e. The maximum atomic E-state index is 11.3. The quantitative estimate of drug-likeness (QED) is 0.346. The zero-order valence-corrected chi connectivity index (χ0v) is 17.1. The fraction of sp³-hybridized carbons (Fsp3) is 0.417. The van der Waals surface area contributed by atoms with E-state index in [9.17, 15) is 9.59 Å². The molecule has 152 valence electrons. The summed E-state index contributed by atoms with van der Waals surface area (Å²) in [7, 11) is 0. The molecule has 4 heteroatoms. The Morgan fingerprint density at radius 1 is 0.929 bits per heavy atom. The third kappa shape index (κ3) is 8.38. The van der Waals surface area contributed by atoms with Gasteiger partial charge in [0.05, 0.1) is 12.2 Å². The first kappa shape index (κ1) is 23.4. The molecule has 0 saturated heterocycles. The summed E-state index contributed by atoms with van der Waals surface area (Å²) in [5.74, 6) is -0.765. The Hall–Kier alpha value is -2.62. The molecule has 1 aromatic rings. The van der Waals surface area contributed by atoms with Crippen molar-refractivity contribution in [1.82, 2.24) is 0 Å². The molecule has 1 aromatic carbocycles. The molecule has 0 spiro atoms. The van der Waals surface area contributed by atoms with Gasteiger partial charge < -0.3 is 9.47 Å². The van der Waals surface area contributed by atoms with Crippen molar-refractivity contribution in [1.29, 1.82) is 0 Å². The predicted molar refractivity (Wildman–Crippen MR) is 114 cm³/mol. The molecule has 2 unspecified atom stereocenters. The van der Waals surface area contributed by atoms with Crippen LogP contribution in [0.1, 0.15) is 56.2 Å². The molecule has 0 radical (unpaired) electrons. The van der Waals surface area contributed by atoms with Gasteiger partial charge in [-0.3, -0.25) is 0 Å². The van der Waals surface area contributed by atoms with E-state index < -0.39 is 0 Å². The number of carbonyl (C=O) groups excluding carboxylic acids is 2. The molecule has 0 aliphatic rings. The number of rotatable bonds is 13. The standard InChI is InChI=1S/C24H32O4/c1-6-20-14-11-16-21(15-9-12-18(4)27-23(25)7-2)22(20)17-10-13-19(5)28-24(26)8-3/h6-8,11,14,16,18-19H,1-3,9-10,12-13,15,17H2,4-5H3. The van der Waals surface area contributed by atoms with Crippen LogP contribution in [0.4, 0.5) is 0 Å². The average molecular weight is 385 g/mol. The number of ether oxygens (including phenoxy) is 2. The van der Waals surface area contributed by atoms with Crippen LogP contribution in [0.3, 0.4) is 0 Å². The Morgan fingerprint density at radius 2 is 1.46 bits per heavy atom. The van der Waals surface area contributed by atoms with Gasteiger partial charge in [0, 0.05) is 12.2 Å². The second-order valence-electron chi connectivity index (χ2n) is 6.88. The van der Waals surface area contributed by atoms with E-state index in [4.69, 9.17) is 9.47 Å². The molecule has 28 heavy (non-hydrogen) atoms. The van der Waals surface area contributed by atoms with Gasteiger partial charge in [0.2, 0.25) is 0 Å². The summed E-state index contributed by atoms with van der Waals surface area (Å²) in [5.41, 5.74) is 3.71. The average Bonchev–Trinajstić information content (AvgIpc) is 2.68. The Balaban J connectivity index is 2.63. The SMILES string of the molecule is C=CC(=O)OC(C)CCCc1cccc(C=C)c1CCCC(C)OC(=O)C=C. The van der Waals surface area contributed by atoms with Crippen LogP contribution in [0.5, 0.6) is 0 Å². The van der Waals surface area contributed by atoms with Gasteiger partial charge in [-0.15, -0.1) is 0 Å². The smallest absolute Gasteiger partial charge is 0.330 e. The minimum Gasteiger partial charge on any atom is -0.460 e. The lowest BCUT2D eigenvalue weighted by Gasteiger charge is -2.16. The first-order valence-corrected chi connectivity index (χ1v) is 9.80. The summed E-state index contributed by atoms with van der Waals surface area (Å²) in [6, 6.07) is 6.26. The maximum Gasteiger partial charge on any atom is 0.330 e. The molecule has 0 N–H and O–H groups in total. The van der Waals surface area contributed by atoms with Crippen molar-refractivity contribution in [3.05, 3.63) is 66.8 Å². The van der Waals surface area contributed by atoms with E-state index in [1.807, 2.05) is 26.0 Å². The normalized spacial score (nSPS) is 12.5. The van der Waals surface area contributed by atoms with Crippen LogP contribution in [0.2, 0.25) is 0 Å². The lowest BCUT2D eigenvalue weighted by atomic mass is 9.92. The van der Waals surface area contributed by atoms with E-state index in [2.05, 4.69) is 31.9 Å². The molecular formula is C24H32O4. The molecule has 0 aliphatic heterocycles. The van der Waals surface area contributed by atoms with Crippen molar-refractivity contribution in [2.75, 3.05) is 0 Å². The molecule has 0 heterocycles. The van der Waals surface area contributed by atoms with Gasteiger partial charge in [-0.05, 0) is 69.1 Å². The Kier molecular flexibility index (Phi) is 10.6. The number of benzene rings is 1.